The molecule has 1 heterocycles. The third kappa shape index (κ3) is 2.36. The van der Waals surface area contributed by atoms with Gasteiger partial charge in [0.1, 0.15) is 18.0 Å². The van der Waals surface area contributed by atoms with Gasteiger partial charge in [0.25, 0.3) is 0 Å². The first-order chi connectivity index (χ1) is 9.13. The van der Waals surface area contributed by atoms with E-state index < -0.39 is 6.10 Å². The maximum atomic E-state index is 10.4. The number of aryl methyl sites for hydroxylation is 1. The van der Waals surface area contributed by atoms with Crippen LogP contribution in [0.25, 0.3) is 0 Å². The normalized spacial score (nSPS) is 18.8. The second-order valence-electron chi connectivity index (χ2n) is 5.31. The highest BCUT2D eigenvalue weighted by Gasteiger charge is 2.20. The first-order valence-corrected chi connectivity index (χ1v) is 6.67. The van der Waals surface area contributed by atoms with E-state index in [9.17, 15) is 5.11 Å². The predicted octanol–water partition coefficient (Wildman–Crippen LogP) is 3.40. The molecule has 3 rings (SSSR count). The summed E-state index contributed by atoms with van der Waals surface area (Å²) in [4.78, 5) is 0. The minimum Gasteiger partial charge on any atom is -0.490 e. The highest BCUT2D eigenvalue weighted by Crippen LogP contribution is 2.32. The van der Waals surface area contributed by atoms with Crippen LogP contribution >= 0.6 is 0 Å². The van der Waals surface area contributed by atoms with Crippen molar-refractivity contribution in [3.8, 4) is 5.75 Å². The number of aliphatic hydroxyl groups excluding tert-OH is 1. The molecule has 1 aliphatic heterocycles. The van der Waals surface area contributed by atoms with E-state index in [0.717, 1.165) is 23.3 Å². The summed E-state index contributed by atoms with van der Waals surface area (Å²) in [5, 5.41) is 10.4. The van der Waals surface area contributed by atoms with Crippen molar-refractivity contribution < 1.29 is 9.84 Å². The van der Waals surface area contributed by atoms with Crippen LogP contribution in [0.5, 0.6) is 5.75 Å². The Bertz CT molecular complexity index is 587. The van der Waals surface area contributed by atoms with Crippen molar-refractivity contribution in [3.63, 3.8) is 0 Å². The lowest BCUT2D eigenvalue weighted by atomic mass is 9.98. The van der Waals surface area contributed by atoms with Crippen LogP contribution in [0.15, 0.2) is 42.5 Å². The molecule has 2 unspecified atom stereocenters. The number of benzene rings is 2. The Morgan fingerprint density at radius 2 is 1.79 bits per heavy atom. The minimum absolute atomic E-state index is 0.238. The molecule has 0 radical (unpaired) electrons. The zero-order valence-corrected chi connectivity index (χ0v) is 11.3. The fourth-order valence-corrected chi connectivity index (χ4v) is 2.55. The Morgan fingerprint density at radius 3 is 2.53 bits per heavy atom. The van der Waals surface area contributed by atoms with E-state index in [0.29, 0.717) is 0 Å². The SMILES string of the molecule is Cc1ccc(C(O)c2ccc3c(c2)CC(C)O3)cc1. The number of hydrogen-bond donors (Lipinski definition) is 1. The summed E-state index contributed by atoms with van der Waals surface area (Å²) in [6.07, 6.45) is 0.590. The van der Waals surface area contributed by atoms with Gasteiger partial charge >= 0.3 is 0 Å². The topological polar surface area (TPSA) is 29.5 Å². The van der Waals surface area contributed by atoms with Gasteiger partial charge in [0.15, 0.2) is 0 Å². The van der Waals surface area contributed by atoms with Gasteiger partial charge in [-0.1, -0.05) is 35.9 Å². The molecule has 2 aromatic rings. The molecule has 19 heavy (non-hydrogen) atoms. The first kappa shape index (κ1) is 12.2. The molecule has 0 bridgehead atoms. The molecule has 98 valence electrons. The number of ether oxygens (including phenoxy) is 1. The molecule has 2 atom stereocenters. The summed E-state index contributed by atoms with van der Waals surface area (Å²) in [6.45, 7) is 4.11. The van der Waals surface area contributed by atoms with Crippen LogP contribution in [0.3, 0.4) is 0 Å². The van der Waals surface area contributed by atoms with Gasteiger partial charge in [-0.25, -0.2) is 0 Å². The molecule has 1 N–H and O–H groups in total. The highest BCUT2D eigenvalue weighted by atomic mass is 16.5. The molecule has 0 saturated carbocycles. The second-order valence-corrected chi connectivity index (χ2v) is 5.31. The average Bonchev–Trinajstić information content (AvgIpc) is 2.77. The molecule has 2 aromatic carbocycles. The van der Waals surface area contributed by atoms with Crippen LogP contribution in [0.2, 0.25) is 0 Å². The molecule has 0 saturated heterocycles. The lowest BCUT2D eigenvalue weighted by molar-refractivity contribution is 0.220. The summed E-state index contributed by atoms with van der Waals surface area (Å²) >= 11 is 0. The third-order valence-corrected chi connectivity index (χ3v) is 3.63. The maximum absolute atomic E-state index is 10.4. The number of aliphatic hydroxyl groups is 1. The number of fused-ring (bicyclic) bond motifs is 1. The summed E-state index contributed by atoms with van der Waals surface area (Å²) in [5.74, 6) is 0.951. The van der Waals surface area contributed by atoms with Crippen molar-refractivity contribution in [2.24, 2.45) is 0 Å². The van der Waals surface area contributed by atoms with E-state index in [1.165, 1.54) is 11.1 Å². The molecule has 0 aromatic heterocycles. The van der Waals surface area contributed by atoms with Gasteiger partial charge < -0.3 is 9.84 Å². The Morgan fingerprint density at radius 1 is 1.11 bits per heavy atom. The molecular formula is C17H18O2. The van der Waals surface area contributed by atoms with Crippen molar-refractivity contribution in [3.05, 3.63) is 64.7 Å². The van der Waals surface area contributed by atoms with Crippen LogP contribution in [0, 0.1) is 6.92 Å². The van der Waals surface area contributed by atoms with E-state index in [-0.39, 0.29) is 6.10 Å². The average molecular weight is 254 g/mol. The standard InChI is InChI=1S/C17H18O2/c1-11-3-5-13(6-4-11)17(18)14-7-8-16-15(10-14)9-12(2)19-16/h3-8,10,12,17-18H,9H2,1-2H3. The van der Waals surface area contributed by atoms with Crippen molar-refractivity contribution in [1.29, 1.82) is 0 Å². The van der Waals surface area contributed by atoms with Gasteiger partial charge in [0, 0.05) is 6.42 Å². The second kappa shape index (κ2) is 4.71. The molecule has 0 fully saturated rings. The van der Waals surface area contributed by atoms with Gasteiger partial charge in [-0.15, -0.1) is 0 Å². The van der Waals surface area contributed by atoms with E-state index in [1.54, 1.807) is 0 Å². The maximum Gasteiger partial charge on any atom is 0.123 e. The lowest BCUT2D eigenvalue weighted by Crippen LogP contribution is -2.05. The van der Waals surface area contributed by atoms with Crippen molar-refractivity contribution in [2.75, 3.05) is 0 Å². The lowest BCUT2D eigenvalue weighted by Gasteiger charge is -2.12. The Labute approximate surface area is 113 Å². The summed E-state index contributed by atoms with van der Waals surface area (Å²) < 4.78 is 5.68. The predicted molar refractivity (Wildman–Crippen MR) is 75.5 cm³/mol. The van der Waals surface area contributed by atoms with Gasteiger partial charge in [0.05, 0.1) is 0 Å². The Kier molecular flexibility index (Phi) is 3.03. The fraction of sp³-hybridized carbons (Fsp3) is 0.294. The number of rotatable bonds is 2. The summed E-state index contributed by atoms with van der Waals surface area (Å²) in [6, 6.07) is 14.0. The largest absolute Gasteiger partial charge is 0.490 e. The Balaban J connectivity index is 1.90. The molecular weight excluding hydrogens is 236 g/mol. The monoisotopic (exact) mass is 254 g/mol. The van der Waals surface area contributed by atoms with E-state index in [1.807, 2.05) is 43.3 Å². The third-order valence-electron chi connectivity index (χ3n) is 3.63. The smallest absolute Gasteiger partial charge is 0.123 e. The van der Waals surface area contributed by atoms with Crippen LogP contribution in [-0.2, 0) is 6.42 Å². The zero-order chi connectivity index (χ0) is 13.4. The van der Waals surface area contributed by atoms with E-state index >= 15 is 0 Å². The van der Waals surface area contributed by atoms with Gasteiger partial charge in [0.2, 0.25) is 0 Å². The highest BCUT2D eigenvalue weighted by molar-refractivity contribution is 5.43. The van der Waals surface area contributed by atoms with E-state index in [4.69, 9.17) is 4.74 Å². The van der Waals surface area contributed by atoms with Crippen molar-refractivity contribution in [1.82, 2.24) is 0 Å². The first-order valence-electron chi connectivity index (χ1n) is 6.67. The molecule has 2 nitrogen and oxygen atoms in total. The quantitative estimate of drug-likeness (QED) is 0.890. The number of hydrogen-bond acceptors (Lipinski definition) is 2. The summed E-state index contributed by atoms with van der Waals surface area (Å²) in [7, 11) is 0. The van der Waals surface area contributed by atoms with Gasteiger partial charge in [-0.05, 0) is 42.7 Å². The molecule has 1 aliphatic rings. The molecule has 0 aliphatic carbocycles. The van der Waals surface area contributed by atoms with Crippen LogP contribution in [0.4, 0.5) is 0 Å². The van der Waals surface area contributed by atoms with Crippen molar-refractivity contribution in [2.45, 2.75) is 32.5 Å². The molecule has 0 amide bonds. The zero-order valence-electron chi connectivity index (χ0n) is 11.3. The van der Waals surface area contributed by atoms with Gasteiger partial charge in [-0.3, -0.25) is 0 Å². The van der Waals surface area contributed by atoms with Gasteiger partial charge in [-0.2, -0.15) is 0 Å². The Hall–Kier alpha value is -1.80. The van der Waals surface area contributed by atoms with Crippen LogP contribution in [0.1, 0.15) is 35.3 Å². The molecule has 2 heteroatoms. The van der Waals surface area contributed by atoms with Crippen molar-refractivity contribution >= 4 is 0 Å². The van der Waals surface area contributed by atoms with E-state index in [2.05, 4.69) is 13.0 Å². The fourth-order valence-electron chi connectivity index (χ4n) is 2.55. The van der Waals surface area contributed by atoms with Crippen LogP contribution in [-0.4, -0.2) is 11.2 Å². The summed E-state index contributed by atoms with van der Waals surface area (Å²) in [5.41, 5.74) is 4.25. The van der Waals surface area contributed by atoms with Crippen LogP contribution < -0.4 is 4.74 Å². The minimum atomic E-state index is -0.568. The molecule has 0 spiro atoms.